The van der Waals surface area contributed by atoms with Crippen molar-refractivity contribution in [2.45, 2.75) is 6.92 Å². The van der Waals surface area contributed by atoms with Crippen LogP contribution in [0, 0.1) is 6.92 Å². The molecule has 2 aromatic rings. The molecule has 3 heteroatoms. The summed E-state index contributed by atoms with van der Waals surface area (Å²) in [6.07, 6.45) is 3.73. The SMILES string of the molecule is Cc1ccc2cnc(N)n2c1. The van der Waals surface area contributed by atoms with Crippen LogP contribution in [0.4, 0.5) is 5.95 Å². The van der Waals surface area contributed by atoms with Crippen LogP contribution in [0.1, 0.15) is 5.56 Å². The number of aryl methyl sites for hydroxylation is 1. The van der Waals surface area contributed by atoms with E-state index in [9.17, 15) is 0 Å². The van der Waals surface area contributed by atoms with E-state index in [0.717, 1.165) is 5.52 Å². The highest BCUT2D eigenvalue weighted by molar-refractivity contribution is 5.51. The molecule has 0 fully saturated rings. The highest BCUT2D eigenvalue weighted by Crippen LogP contribution is 2.09. The molecule has 0 aromatic carbocycles. The summed E-state index contributed by atoms with van der Waals surface area (Å²) in [4.78, 5) is 3.98. The van der Waals surface area contributed by atoms with Crippen LogP contribution in [0.5, 0.6) is 0 Å². The van der Waals surface area contributed by atoms with Gasteiger partial charge < -0.3 is 5.73 Å². The van der Waals surface area contributed by atoms with Gasteiger partial charge in [-0.25, -0.2) is 4.98 Å². The first-order valence-electron chi connectivity index (χ1n) is 3.46. The lowest BCUT2D eigenvalue weighted by atomic mass is 10.3. The van der Waals surface area contributed by atoms with Crippen LogP contribution in [0.25, 0.3) is 5.52 Å². The minimum atomic E-state index is 0.545. The van der Waals surface area contributed by atoms with Crippen LogP contribution < -0.4 is 5.73 Å². The van der Waals surface area contributed by atoms with E-state index in [2.05, 4.69) is 4.98 Å². The molecule has 0 saturated carbocycles. The van der Waals surface area contributed by atoms with Crippen LogP contribution in [-0.2, 0) is 0 Å². The Morgan fingerprint density at radius 2 is 2.27 bits per heavy atom. The third-order valence-electron chi connectivity index (χ3n) is 1.70. The van der Waals surface area contributed by atoms with Gasteiger partial charge in [0.1, 0.15) is 0 Å². The molecule has 0 aliphatic rings. The van der Waals surface area contributed by atoms with Gasteiger partial charge in [-0.3, -0.25) is 4.40 Å². The number of anilines is 1. The number of hydrogen-bond donors (Lipinski definition) is 1. The second-order valence-corrected chi connectivity index (χ2v) is 2.62. The van der Waals surface area contributed by atoms with Gasteiger partial charge in [-0.2, -0.15) is 0 Å². The molecule has 0 atom stereocenters. The summed E-state index contributed by atoms with van der Waals surface area (Å²) < 4.78 is 1.87. The van der Waals surface area contributed by atoms with Gasteiger partial charge >= 0.3 is 0 Å². The van der Waals surface area contributed by atoms with Gasteiger partial charge in [0.05, 0.1) is 11.7 Å². The second kappa shape index (κ2) is 1.99. The first kappa shape index (κ1) is 6.22. The Morgan fingerprint density at radius 3 is 3.09 bits per heavy atom. The van der Waals surface area contributed by atoms with Gasteiger partial charge in [0.15, 0.2) is 0 Å². The van der Waals surface area contributed by atoms with Crippen molar-refractivity contribution in [1.82, 2.24) is 9.38 Å². The van der Waals surface area contributed by atoms with Gasteiger partial charge in [-0.15, -0.1) is 0 Å². The predicted octanol–water partition coefficient (Wildman–Crippen LogP) is 1.22. The highest BCUT2D eigenvalue weighted by Gasteiger charge is 1.96. The normalized spacial score (nSPS) is 10.6. The molecule has 2 N–H and O–H groups in total. The lowest BCUT2D eigenvalue weighted by Gasteiger charge is -1.96. The maximum absolute atomic E-state index is 5.60. The third kappa shape index (κ3) is 0.852. The topological polar surface area (TPSA) is 43.3 Å². The van der Waals surface area contributed by atoms with E-state index in [1.165, 1.54) is 5.56 Å². The van der Waals surface area contributed by atoms with Crippen LogP contribution >= 0.6 is 0 Å². The minimum Gasteiger partial charge on any atom is -0.369 e. The molecule has 11 heavy (non-hydrogen) atoms. The zero-order chi connectivity index (χ0) is 7.84. The molecule has 0 aliphatic heterocycles. The number of rotatable bonds is 0. The zero-order valence-electron chi connectivity index (χ0n) is 6.28. The Hall–Kier alpha value is -1.51. The van der Waals surface area contributed by atoms with E-state index in [0.29, 0.717) is 5.95 Å². The fourth-order valence-electron chi connectivity index (χ4n) is 1.12. The van der Waals surface area contributed by atoms with Crippen LogP contribution in [-0.4, -0.2) is 9.38 Å². The molecule has 0 unspecified atom stereocenters. The second-order valence-electron chi connectivity index (χ2n) is 2.62. The van der Waals surface area contributed by atoms with Crippen molar-refractivity contribution in [3.8, 4) is 0 Å². The minimum absolute atomic E-state index is 0.545. The van der Waals surface area contributed by atoms with Gasteiger partial charge in [0.25, 0.3) is 0 Å². The fourth-order valence-corrected chi connectivity index (χ4v) is 1.12. The van der Waals surface area contributed by atoms with E-state index in [-0.39, 0.29) is 0 Å². The van der Waals surface area contributed by atoms with Crippen molar-refractivity contribution in [1.29, 1.82) is 0 Å². The molecule has 2 heterocycles. The van der Waals surface area contributed by atoms with Crippen molar-refractivity contribution >= 4 is 11.5 Å². The Labute approximate surface area is 64.5 Å². The molecule has 3 nitrogen and oxygen atoms in total. The monoisotopic (exact) mass is 147 g/mol. The summed E-state index contributed by atoms with van der Waals surface area (Å²) in [7, 11) is 0. The Morgan fingerprint density at radius 1 is 1.45 bits per heavy atom. The first-order valence-corrected chi connectivity index (χ1v) is 3.46. The van der Waals surface area contributed by atoms with Crippen LogP contribution in [0.15, 0.2) is 24.5 Å². The largest absolute Gasteiger partial charge is 0.369 e. The van der Waals surface area contributed by atoms with E-state index >= 15 is 0 Å². The van der Waals surface area contributed by atoms with Crippen molar-refractivity contribution in [3.63, 3.8) is 0 Å². The van der Waals surface area contributed by atoms with Crippen LogP contribution in [0.3, 0.4) is 0 Å². The standard InChI is InChI=1S/C8H9N3/c1-6-2-3-7-4-10-8(9)11(7)5-6/h2-5H,1H3,(H2,9,10). The summed E-state index contributed by atoms with van der Waals surface area (Å²) in [6, 6.07) is 4.04. The molecule has 0 bridgehead atoms. The zero-order valence-corrected chi connectivity index (χ0v) is 6.28. The fraction of sp³-hybridized carbons (Fsp3) is 0.125. The molecule has 2 rings (SSSR count). The van der Waals surface area contributed by atoms with Crippen LogP contribution in [0.2, 0.25) is 0 Å². The van der Waals surface area contributed by atoms with Crippen molar-refractivity contribution in [3.05, 3.63) is 30.1 Å². The average Bonchev–Trinajstić information content (AvgIpc) is 2.33. The maximum atomic E-state index is 5.60. The summed E-state index contributed by atoms with van der Waals surface area (Å²) in [5, 5.41) is 0. The number of aromatic nitrogens is 2. The number of nitrogens with zero attached hydrogens (tertiary/aromatic N) is 2. The lowest BCUT2D eigenvalue weighted by Crippen LogP contribution is -1.93. The lowest BCUT2D eigenvalue weighted by molar-refractivity contribution is 1.15. The molecular weight excluding hydrogens is 138 g/mol. The third-order valence-corrected chi connectivity index (χ3v) is 1.70. The van der Waals surface area contributed by atoms with E-state index < -0.39 is 0 Å². The smallest absolute Gasteiger partial charge is 0.204 e. The molecule has 0 radical (unpaired) electrons. The molecule has 2 aromatic heterocycles. The number of nitrogens with two attached hydrogens (primary N) is 1. The van der Waals surface area contributed by atoms with Gasteiger partial charge in [-0.05, 0) is 18.6 Å². The Kier molecular flexibility index (Phi) is 1.12. The molecule has 0 aliphatic carbocycles. The molecular formula is C8H9N3. The van der Waals surface area contributed by atoms with E-state index in [1.807, 2.05) is 29.7 Å². The van der Waals surface area contributed by atoms with Gasteiger partial charge in [-0.1, -0.05) is 6.07 Å². The number of pyridine rings is 1. The first-order chi connectivity index (χ1) is 5.27. The molecule has 56 valence electrons. The Balaban J connectivity index is 2.87. The van der Waals surface area contributed by atoms with Crippen molar-refractivity contribution in [2.75, 3.05) is 5.73 Å². The average molecular weight is 147 g/mol. The summed E-state index contributed by atoms with van der Waals surface area (Å²) >= 11 is 0. The molecule has 0 saturated heterocycles. The van der Waals surface area contributed by atoms with Gasteiger partial charge in [0.2, 0.25) is 5.95 Å². The van der Waals surface area contributed by atoms with Gasteiger partial charge in [0, 0.05) is 6.20 Å². The summed E-state index contributed by atoms with van der Waals surface area (Å²) in [6.45, 7) is 2.03. The number of nitrogen functional groups attached to an aromatic ring is 1. The maximum Gasteiger partial charge on any atom is 0.204 e. The number of hydrogen-bond acceptors (Lipinski definition) is 2. The quantitative estimate of drug-likeness (QED) is 0.609. The van der Waals surface area contributed by atoms with E-state index in [1.54, 1.807) is 6.20 Å². The van der Waals surface area contributed by atoms with E-state index in [4.69, 9.17) is 5.73 Å². The number of imidazole rings is 1. The molecule has 0 amide bonds. The highest BCUT2D eigenvalue weighted by atomic mass is 15.1. The van der Waals surface area contributed by atoms with Crippen molar-refractivity contribution < 1.29 is 0 Å². The Bertz CT molecular complexity index is 389. The van der Waals surface area contributed by atoms with Crippen molar-refractivity contribution in [2.24, 2.45) is 0 Å². The summed E-state index contributed by atoms with van der Waals surface area (Å²) in [5.74, 6) is 0.545. The summed E-state index contributed by atoms with van der Waals surface area (Å²) in [5.41, 5.74) is 7.81. The predicted molar refractivity (Wildman–Crippen MR) is 44.3 cm³/mol. The molecule has 0 spiro atoms. The number of fused-ring (bicyclic) bond motifs is 1.